The summed E-state index contributed by atoms with van der Waals surface area (Å²) in [7, 11) is 0. The van der Waals surface area contributed by atoms with Gasteiger partial charge in [0.05, 0.1) is 11.8 Å². The first kappa shape index (κ1) is 15.0. The van der Waals surface area contributed by atoms with Gasteiger partial charge in [-0.05, 0) is 44.1 Å². The number of aliphatic hydroxyl groups is 1. The Morgan fingerprint density at radius 1 is 1.55 bits per heavy atom. The van der Waals surface area contributed by atoms with Crippen molar-refractivity contribution < 1.29 is 9.90 Å². The Morgan fingerprint density at radius 3 is 2.85 bits per heavy atom. The van der Waals surface area contributed by atoms with Gasteiger partial charge in [0.1, 0.15) is 5.69 Å². The van der Waals surface area contributed by atoms with Gasteiger partial charge >= 0.3 is 0 Å². The van der Waals surface area contributed by atoms with Crippen molar-refractivity contribution >= 4 is 5.91 Å². The Hall–Kier alpha value is -1.36. The van der Waals surface area contributed by atoms with Crippen molar-refractivity contribution in [3.8, 4) is 0 Å². The zero-order chi connectivity index (χ0) is 14.7. The smallest absolute Gasteiger partial charge is 0.269 e. The number of aromatic nitrogens is 2. The van der Waals surface area contributed by atoms with Crippen LogP contribution < -0.4 is 5.32 Å². The van der Waals surface area contributed by atoms with E-state index in [0.29, 0.717) is 30.6 Å². The number of hydrogen-bond acceptors (Lipinski definition) is 3. The largest absolute Gasteiger partial charge is 0.393 e. The molecule has 0 bridgehead atoms. The fourth-order valence-corrected chi connectivity index (χ4v) is 2.70. The fourth-order valence-electron chi connectivity index (χ4n) is 2.70. The van der Waals surface area contributed by atoms with Gasteiger partial charge in [-0.2, -0.15) is 5.10 Å². The lowest BCUT2D eigenvalue weighted by atomic mass is 10.1. The maximum Gasteiger partial charge on any atom is 0.269 e. The summed E-state index contributed by atoms with van der Waals surface area (Å²) < 4.78 is 1.76. The molecule has 2 rings (SSSR count). The summed E-state index contributed by atoms with van der Waals surface area (Å²) >= 11 is 0. The molecule has 1 aromatic heterocycles. The topological polar surface area (TPSA) is 67.2 Å². The van der Waals surface area contributed by atoms with Crippen LogP contribution in [0.4, 0.5) is 0 Å². The first-order chi connectivity index (χ1) is 9.51. The molecule has 1 saturated carbocycles. The highest BCUT2D eigenvalue weighted by atomic mass is 16.3. The molecule has 20 heavy (non-hydrogen) atoms. The van der Waals surface area contributed by atoms with E-state index in [1.807, 2.05) is 13.0 Å². The molecule has 0 aliphatic heterocycles. The molecule has 1 aliphatic rings. The first-order valence-corrected chi connectivity index (χ1v) is 7.55. The third-order valence-electron chi connectivity index (χ3n) is 3.99. The van der Waals surface area contributed by atoms with E-state index >= 15 is 0 Å². The Bertz CT molecular complexity index is 468. The molecule has 0 saturated heterocycles. The number of amides is 1. The molecule has 2 atom stereocenters. The molecule has 0 spiro atoms. The fraction of sp³-hybridized carbons (Fsp3) is 0.733. The van der Waals surface area contributed by atoms with E-state index in [0.717, 1.165) is 25.0 Å². The predicted octanol–water partition coefficient (Wildman–Crippen LogP) is 1.92. The summed E-state index contributed by atoms with van der Waals surface area (Å²) in [5.74, 6) is 0.656. The number of nitrogens with zero attached hydrogens (tertiary/aromatic N) is 2. The van der Waals surface area contributed by atoms with Crippen LogP contribution in [-0.2, 0) is 6.54 Å². The quantitative estimate of drug-likeness (QED) is 0.865. The Labute approximate surface area is 120 Å². The summed E-state index contributed by atoms with van der Waals surface area (Å²) in [5.41, 5.74) is 1.59. The second-order valence-corrected chi connectivity index (χ2v) is 5.97. The van der Waals surface area contributed by atoms with E-state index in [1.54, 1.807) is 4.68 Å². The molecule has 1 aliphatic carbocycles. The maximum atomic E-state index is 12.3. The number of aliphatic hydroxyl groups excluding tert-OH is 1. The van der Waals surface area contributed by atoms with Crippen molar-refractivity contribution in [3.63, 3.8) is 0 Å². The average Bonchev–Trinajstić information content (AvgIpc) is 3.01. The van der Waals surface area contributed by atoms with Gasteiger partial charge in [0, 0.05) is 13.1 Å². The molecule has 2 unspecified atom stereocenters. The normalized spacial score (nSPS) is 22.4. The summed E-state index contributed by atoms with van der Waals surface area (Å²) in [6.45, 7) is 7.47. The molecule has 5 nitrogen and oxygen atoms in total. The van der Waals surface area contributed by atoms with Crippen molar-refractivity contribution in [2.24, 2.45) is 5.92 Å². The van der Waals surface area contributed by atoms with Crippen molar-refractivity contribution in [2.75, 3.05) is 6.54 Å². The van der Waals surface area contributed by atoms with Gasteiger partial charge in [-0.15, -0.1) is 0 Å². The van der Waals surface area contributed by atoms with E-state index in [4.69, 9.17) is 0 Å². The molecule has 112 valence electrons. The molecular formula is C15H25N3O2. The molecule has 5 heteroatoms. The van der Waals surface area contributed by atoms with Crippen molar-refractivity contribution in [1.82, 2.24) is 15.1 Å². The highest BCUT2D eigenvalue weighted by molar-refractivity contribution is 5.92. The van der Waals surface area contributed by atoms with Crippen molar-refractivity contribution in [1.29, 1.82) is 0 Å². The van der Waals surface area contributed by atoms with Gasteiger partial charge in [0.15, 0.2) is 0 Å². The molecule has 1 aromatic rings. The number of carbonyl (C=O) groups is 1. The van der Waals surface area contributed by atoms with E-state index in [9.17, 15) is 9.90 Å². The molecule has 1 fully saturated rings. The Morgan fingerprint density at radius 2 is 2.30 bits per heavy atom. The zero-order valence-electron chi connectivity index (χ0n) is 12.6. The minimum atomic E-state index is -0.189. The Balaban J connectivity index is 1.97. The molecule has 2 N–H and O–H groups in total. The zero-order valence-corrected chi connectivity index (χ0v) is 12.6. The minimum absolute atomic E-state index is 0.0624. The molecular weight excluding hydrogens is 254 g/mol. The second kappa shape index (κ2) is 6.39. The molecule has 0 aromatic carbocycles. The van der Waals surface area contributed by atoms with Gasteiger partial charge in [-0.3, -0.25) is 9.48 Å². The number of carbonyl (C=O) groups excluding carboxylic acids is 1. The molecule has 1 heterocycles. The van der Waals surface area contributed by atoms with Gasteiger partial charge in [-0.1, -0.05) is 13.8 Å². The highest BCUT2D eigenvalue weighted by Gasteiger charge is 2.24. The third kappa shape index (κ3) is 3.39. The minimum Gasteiger partial charge on any atom is -0.393 e. The average molecular weight is 279 g/mol. The number of aryl methyl sites for hydroxylation is 1. The van der Waals surface area contributed by atoms with Gasteiger partial charge in [-0.25, -0.2) is 0 Å². The number of hydrogen-bond donors (Lipinski definition) is 2. The van der Waals surface area contributed by atoms with Crippen LogP contribution in [0.5, 0.6) is 0 Å². The van der Waals surface area contributed by atoms with E-state index in [2.05, 4.69) is 24.3 Å². The van der Waals surface area contributed by atoms with Gasteiger partial charge < -0.3 is 10.4 Å². The molecule has 0 radical (unpaired) electrons. The van der Waals surface area contributed by atoms with Gasteiger partial charge in [0.25, 0.3) is 5.91 Å². The van der Waals surface area contributed by atoms with E-state index in [1.165, 1.54) is 0 Å². The summed E-state index contributed by atoms with van der Waals surface area (Å²) in [6.07, 6.45) is 2.45. The first-order valence-electron chi connectivity index (χ1n) is 7.55. The van der Waals surface area contributed by atoms with Crippen LogP contribution in [0.1, 0.15) is 62.1 Å². The van der Waals surface area contributed by atoms with Crippen LogP contribution in [0, 0.1) is 5.92 Å². The second-order valence-electron chi connectivity index (χ2n) is 5.97. The Kier molecular flexibility index (Phi) is 4.81. The number of nitrogens with one attached hydrogen (secondary N) is 1. The maximum absolute atomic E-state index is 12.3. The van der Waals surface area contributed by atoms with Crippen LogP contribution in [0.15, 0.2) is 6.07 Å². The lowest BCUT2D eigenvalue weighted by molar-refractivity contribution is 0.0934. The van der Waals surface area contributed by atoms with Crippen LogP contribution in [0.3, 0.4) is 0 Å². The summed E-state index contributed by atoms with van der Waals surface area (Å²) in [4.78, 5) is 12.3. The lowest BCUT2D eigenvalue weighted by Gasteiger charge is -2.11. The lowest BCUT2D eigenvalue weighted by Crippen LogP contribution is -2.30. The SMILES string of the molecule is CCn1nc(C(C)C)cc1C(=O)NCC1CCC(O)C1. The monoisotopic (exact) mass is 279 g/mol. The van der Waals surface area contributed by atoms with Crippen LogP contribution >= 0.6 is 0 Å². The summed E-state index contributed by atoms with van der Waals surface area (Å²) in [6, 6.07) is 1.88. The standard InChI is InChI=1S/C15H25N3O2/c1-4-18-14(8-13(17-18)10(2)3)15(20)16-9-11-5-6-12(19)7-11/h8,10-12,19H,4-7,9H2,1-3H3,(H,16,20). The van der Waals surface area contributed by atoms with Crippen LogP contribution in [0.25, 0.3) is 0 Å². The number of rotatable bonds is 5. The predicted molar refractivity (Wildman–Crippen MR) is 77.7 cm³/mol. The molecule has 1 amide bonds. The van der Waals surface area contributed by atoms with Crippen LogP contribution in [0.2, 0.25) is 0 Å². The van der Waals surface area contributed by atoms with E-state index < -0.39 is 0 Å². The van der Waals surface area contributed by atoms with Crippen LogP contribution in [-0.4, -0.2) is 33.4 Å². The van der Waals surface area contributed by atoms with Crippen molar-refractivity contribution in [3.05, 3.63) is 17.5 Å². The highest BCUT2D eigenvalue weighted by Crippen LogP contribution is 2.24. The van der Waals surface area contributed by atoms with E-state index in [-0.39, 0.29) is 12.0 Å². The third-order valence-corrected chi connectivity index (χ3v) is 3.99. The van der Waals surface area contributed by atoms with Gasteiger partial charge in [0.2, 0.25) is 0 Å². The summed E-state index contributed by atoms with van der Waals surface area (Å²) in [5, 5.41) is 16.9. The van der Waals surface area contributed by atoms with Crippen molar-refractivity contribution in [2.45, 2.75) is 58.6 Å².